The summed E-state index contributed by atoms with van der Waals surface area (Å²) < 4.78 is 7.54. The van der Waals surface area contributed by atoms with Gasteiger partial charge in [0.2, 0.25) is 0 Å². The molecule has 126 valence electrons. The third-order valence-corrected chi connectivity index (χ3v) is 3.21. The summed E-state index contributed by atoms with van der Waals surface area (Å²) in [5.74, 6) is -0.878. The zero-order chi connectivity index (χ0) is 16.8. The minimum absolute atomic E-state index is 0.0461. The molecule has 1 heterocycles. The van der Waals surface area contributed by atoms with E-state index in [2.05, 4.69) is 15.6 Å². The molecule has 0 spiro atoms. The van der Waals surface area contributed by atoms with Crippen molar-refractivity contribution in [3.05, 3.63) is 18.2 Å². The second-order valence-electron chi connectivity index (χ2n) is 6.44. The number of hydrogen-bond donors (Lipinski definition) is 3. The number of carboxylic acid groups (broad SMARTS) is 1. The monoisotopic (exact) mass is 312 g/mol. The van der Waals surface area contributed by atoms with Gasteiger partial charge in [0, 0.05) is 32.3 Å². The van der Waals surface area contributed by atoms with Crippen molar-refractivity contribution in [2.24, 2.45) is 7.05 Å². The Kier molecular flexibility index (Phi) is 6.99. The van der Waals surface area contributed by atoms with Crippen LogP contribution in [-0.4, -0.2) is 58.5 Å². The summed E-state index contributed by atoms with van der Waals surface area (Å²) in [6.07, 6.45) is 3.85. The zero-order valence-electron chi connectivity index (χ0n) is 14.1. The van der Waals surface area contributed by atoms with Crippen LogP contribution in [0.15, 0.2) is 12.5 Å². The summed E-state index contributed by atoms with van der Waals surface area (Å²) in [5.41, 5.74) is 0.546. The fourth-order valence-corrected chi connectivity index (χ4v) is 1.91. The third-order valence-electron chi connectivity index (χ3n) is 3.21. The summed E-state index contributed by atoms with van der Waals surface area (Å²) in [7, 11) is 3.70. The van der Waals surface area contributed by atoms with Gasteiger partial charge in [-0.25, -0.2) is 4.98 Å². The topological polar surface area (TPSA) is 88.4 Å². The molecule has 0 saturated carbocycles. The van der Waals surface area contributed by atoms with Crippen molar-refractivity contribution in [3.63, 3.8) is 0 Å². The largest absolute Gasteiger partial charge is 0.480 e. The number of ether oxygens (including phenoxy) is 1. The molecule has 0 fully saturated rings. The third kappa shape index (κ3) is 7.02. The molecule has 7 heteroatoms. The van der Waals surface area contributed by atoms with E-state index in [0.29, 0.717) is 19.6 Å². The normalized spacial score (nSPS) is 14.8. The lowest BCUT2D eigenvalue weighted by Gasteiger charge is -2.25. The molecular formula is C15H28N4O3. The molecule has 3 N–H and O–H groups in total. The number of aliphatic carboxylic acids is 1. The number of nitrogens with zero attached hydrogens (tertiary/aromatic N) is 2. The molecule has 2 atom stereocenters. The molecule has 0 aliphatic heterocycles. The van der Waals surface area contributed by atoms with Gasteiger partial charge in [0.25, 0.3) is 0 Å². The van der Waals surface area contributed by atoms with E-state index in [0.717, 1.165) is 5.69 Å². The Balaban J connectivity index is 2.50. The summed E-state index contributed by atoms with van der Waals surface area (Å²) >= 11 is 0. The molecule has 0 aliphatic carbocycles. The Morgan fingerprint density at radius 3 is 2.64 bits per heavy atom. The Hall–Kier alpha value is -1.44. The van der Waals surface area contributed by atoms with Crippen molar-refractivity contribution in [2.45, 2.75) is 44.9 Å². The summed E-state index contributed by atoms with van der Waals surface area (Å²) in [6, 6.07) is -0.620. The number of carboxylic acids is 1. The number of carbonyl (C=O) groups is 1. The van der Waals surface area contributed by atoms with E-state index in [4.69, 9.17) is 4.74 Å². The number of nitrogens with one attached hydrogen (secondary N) is 2. The van der Waals surface area contributed by atoms with Crippen LogP contribution >= 0.6 is 0 Å². The van der Waals surface area contributed by atoms with Crippen molar-refractivity contribution in [1.29, 1.82) is 0 Å². The van der Waals surface area contributed by atoms with Gasteiger partial charge < -0.3 is 25.0 Å². The molecule has 7 nitrogen and oxygen atoms in total. The SMILES string of the molecule is CN[C@H](CN[C@@H](Cc1cn(C)cn1)C(=O)O)COC(C)(C)C. The molecule has 22 heavy (non-hydrogen) atoms. The highest BCUT2D eigenvalue weighted by Crippen LogP contribution is 2.07. The lowest BCUT2D eigenvalue weighted by atomic mass is 10.1. The smallest absolute Gasteiger partial charge is 0.321 e. The number of aryl methyl sites for hydroxylation is 1. The zero-order valence-corrected chi connectivity index (χ0v) is 14.1. The molecule has 1 rings (SSSR count). The molecule has 1 aromatic rings. The number of rotatable bonds is 9. The highest BCUT2D eigenvalue weighted by Gasteiger charge is 2.21. The first-order valence-corrected chi connectivity index (χ1v) is 7.45. The minimum Gasteiger partial charge on any atom is -0.480 e. The maximum absolute atomic E-state index is 11.4. The van der Waals surface area contributed by atoms with Crippen LogP contribution in [0.4, 0.5) is 0 Å². The van der Waals surface area contributed by atoms with Gasteiger partial charge in [-0.3, -0.25) is 4.79 Å². The van der Waals surface area contributed by atoms with Crippen LogP contribution in [0.2, 0.25) is 0 Å². The van der Waals surface area contributed by atoms with Crippen molar-refractivity contribution >= 4 is 5.97 Å². The predicted molar refractivity (Wildman–Crippen MR) is 84.9 cm³/mol. The Morgan fingerprint density at radius 1 is 1.50 bits per heavy atom. The number of imidazole rings is 1. The average molecular weight is 312 g/mol. The summed E-state index contributed by atoms with van der Waals surface area (Å²) in [5, 5.41) is 15.5. The van der Waals surface area contributed by atoms with Crippen molar-refractivity contribution < 1.29 is 14.6 Å². The molecular weight excluding hydrogens is 284 g/mol. The Bertz CT molecular complexity index is 468. The lowest BCUT2D eigenvalue weighted by Crippen LogP contribution is -2.48. The first-order chi connectivity index (χ1) is 10.2. The highest BCUT2D eigenvalue weighted by atomic mass is 16.5. The lowest BCUT2D eigenvalue weighted by molar-refractivity contribution is -0.139. The fraction of sp³-hybridized carbons (Fsp3) is 0.733. The van der Waals surface area contributed by atoms with E-state index in [-0.39, 0.29) is 11.6 Å². The van der Waals surface area contributed by atoms with E-state index in [1.54, 1.807) is 6.33 Å². The van der Waals surface area contributed by atoms with Gasteiger partial charge in [-0.2, -0.15) is 0 Å². The molecule has 0 bridgehead atoms. The van der Waals surface area contributed by atoms with Gasteiger partial charge in [-0.05, 0) is 27.8 Å². The van der Waals surface area contributed by atoms with Gasteiger partial charge in [0.1, 0.15) is 6.04 Å². The summed E-state index contributed by atoms with van der Waals surface area (Å²) in [4.78, 5) is 15.6. The number of likely N-dealkylation sites (N-methyl/N-ethyl adjacent to an activating group) is 1. The Morgan fingerprint density at radius 2 is 2.18 bits per heavy atom. The molecule has 0 saturated heterocycles. The van der Waals surface area contributed by atoms with Gasteiger partial charge in [0.05, 0.1) is 24.2 Å². The maximum Gasteiger partial charge on any atom is 0.321 e. The molecule has 1 aromatic heterocycles. The van der Waals surface area contributed by atoms with E-state index in [1.807, 2.05) is 45.6 Å². The highest BCUT2D eigenvalue weighted by molar-refractivity contribution is 5.73. The van der Waals surface area contributed by atoms with Crippen molar-refractivity contribution in [2.75, 3.05) is 20.2 Å². The second kappa shape index (κ2) is 8.26. The molecule has 0 amide bonds. The fourth-order valence-electron chi connectivity index (χ4n) is 1.91. The van der Waals surface area contributed by atoms with Gasteiger partial charge in [0.15, 0.2) is 0 Å². The van der Waals surface area contributed by atoms with Crippen LogP contribution in [0.5, 0.6) is 0 Å². The molecule has 0 radical (unpaired) electrons. The van der Waals surface area contributed by atoms with Crippen LogP contribution in [0.3, 0.4) is 0 Å². The number of hydrogen-bond acceptors (Lipinski definition) is 5. The molecule has 0 unspecified atom stereocenters. The minimum atomic E-state index is -0.878. The van der Waals surface area contributed by atoms with Crippen molar-refractivity contribution in [3.8, 4) is 0 Å². The molecule has 0 aliphatic rings. The van der Waals surface area contributed by atoms with E-state index in [9.17, 15) is 9.90 Å². The van der Waals surface area contributed by atoms with E-state index in [1.165, 1.54) is 0 Å². The predicted octanol–water partition coefficient (Wildman–Crippen LogP) is 0.409. The van der Waals surface area contributed by atoms with Crippen LogP contribution in [0, 0.1) is 0 Å². The average Bonchev–Trinajstić information content (AvgIpc) is 2.81. The van der Waals surface area contributed by atoms with Crippen LogP contribution in [0.25, 0.3) is 0 Å². The second-order valence-corrected chi connectivity index (χ2v) is 6.44. The van der Waals surface area contributed by atoms with Gasteiger partial charge >= 0.3 is 5.97 Å². The summed E-state index contributed by atoms with van der Waals surface area (Å²) in [6.45, 7) is 7.01. The van der Waals surface area contributed by atoms with Gasteiger partial charge in [-0.1, -0.05) is 0 Å². The van der Waals surface area contributed by atoms with E-state index >= 15 is 0 Å². The van der Waals surface area contributed by atoms with Crippen molar-refractivity contribution in [1.82, 2.24) is 20.2 Å². The van der Waals surface area contributed by atoms with Crippen LogP contribution < -0.4 is 10.6 Å². The first kappa shape index (κ1) is 18.6. The van der Waals surface area contributed by atoms with Crippen LogP contribution in [-0.2, 0) is 23.0 Å². The first-order valence-electron chi connectivity index (χ1n) is 7.45. The quantitative estimate of drug-likeness (QED) is 0.612. The van der Waals surface area contributed by atoms with Gasteiger partial charge in [-0.15, -0.1) is 0 Å². The molecule has 0 aromatic carbocycles. The maximum atomic E-state index is 11.4. The van der Waals surface area contributed by atoms with E-state index < -0.39 is 12.0 Å². The standard InChI is InChI=1S/C15H28N4O3/c1-15(2,3)22-9-12(16-4)7-17-13(14(20)21)6-11-8-19(5)10-18-11/h8,10,12-13,16-17H,6-7,9H2,1-5H3,(H,20,21)/t12-,13+/m1/s1. The number of aromatic nitrogens is 2. The Labute approximate surface area is 132 Å². The van der Waals surface area contributed by atoms with Crippen LogP contribution in [0.1, 0.15) is 26.5 Å².